The summed E-state index contributed by atoms with van der Waals surface area (Å²) in [6.45, 7) is 2.08. The summed E-state index contributed by atoms with van der Waals surface area (Å²) in [7, 11) is 0. The summed E-state index contributed by atoms with van der Waals surface area (Å²) in [6, 6.07) is 8.25. The summed E-state index contributed by atoms with van der Waals surface area (Å²) < 4.78 is 0. The van der Waals surface area contributed by atoms with Gasteiger partial charge in [-0.15, -0.1) is 0 Å². The van der Waals surface area contributed by atoms with Crippen LogP contribution >= 0.6 is 0 Å². The maximum Gasteiger partial charge on any atom is 0.0852 e. The van der Waals surface area contributed by atoms with Gasteiger partial charge in [0.25, 0.3) is 0 Å². The maximum atomic E-state index is 10.4. The number of hydrogen-bond donors (Lipinski definition) is 1. The van der Waals surface area contributed by atoms with Crippen molar-refractivity contribution in [3.8, 4) is 0 Å². The molecule has 92 valence electrons. The minimum absolute atomic E-state index is 0.290. The smallest absolute Gasteiger partial charge is 0.0852 e. The van der Waals surface area contributed by atoms with E-state index in [9.17, 15) is 5.11 Å². The Hall–Kier alpha value is -1.08. The van der Waals surface area contributed by atoms with Gasteiger partial charge in [-0.1, -0.05) is 54.8 Å². The highest BCUT2D eigenvalue weighted by Gasteiger charge is 2.18. The minimum Gasteiger partial charge on any atom is -0.388 e. The fourth-order valence-corrected chi connectivity index (χ4v) is 2.46. The molecule has 1 nitrogen and oxygen atoms in total. The lowest BCUT2D eigenvalue weighted by Crippen LogP contribution is -2.11. The maximum absolute atomic E-state index is 10.4. The van der Waals surface area contributed by atoms with Gasteiger partial charge < -0.3 is 5.11 Å². The number of aryl methyl sites for hydroxylation is 1. The lowest BCUT2D eigenvalue weighted by molar-refractivity contribution is 0.124. The topological polar surface area (TPSA) is 20.2 Å². The zero-order chi connectivity index (χ0) is 12.1. The highest BCUT2D eigenvalue weighted by molar-refractivity contribution is 5.24. The first kappa shape index (κ1) is 12.4. The van der Waals surface area contributed by atoms with Gasteiger partial charge >= 0.3 is 0 Å². The van der Waals surface area contributed by atoms with E-state index in [-0.39, 0.29) is 12.0 Å². The van der Waals surface area contributed by atoms with Crippen LogP contribution in [0.15, 0.2) is 36.4 Å². The number of hydrogen-bond acceptors (Lipinski definition) is 1. The summed E-state index contributed by atoms with van der Waals surface area (Å²) >= 11 is 0. The van der Waals surface area contributed by atoms with Crippen LogP contribution in [0.25, 0.3) is 0 Å². The summed E-state index contributed by atoms with van der Waals surface area (Å²) in [4.78, 5) is 0. The Morgan fingerprint density at radius 3 is 2.65 bits per heavy atom. The molecule has 2 rings (SSSR count). The summed E-state index contributed by atoms with van der Waals surface area (Å²) in [5, 5.41) is 10.4. The molecule has 1 N–H and O–H groups in total. The number of rotatable bonds is 2. The van der Waals surface area contributed by atoms with E-state index < -0.39 is 0 Å². The lowest BCUT2D eigenvalue weighted by Gasteiger charge is -2.21. The van der Waals surface area contributed by atoms with E-state index in [1.54, 1.807) is 0 Å². The van der Waals surface area contributed by atoms with Crippen LogP contribution in [0.1, 0.15) is 49.3 Å². The molecule has 0 radical (unpaired) electrons. The molecule has 0 bridgehead atoms. The largest absolute Gasteiger partial charge is 0.388 e. The van der Waals surface area contributed by atoms with Crippen molar-refractivity contribution >= 4 is 0 Å². The first-order valence-corrected chi connectivity index (χ1v) is 6.68. The second kappa shape index (κ2) is 6.02. The average molecular weight is 230 g/mol. The standard InChI is InChI=1S/C16H22O/c1-13-9-11-15(12-10-13)16(17)14-7-5-3-2-4-6-8-14/h5,7,9-12,14,16-17H,2-4,6,8H2,1H3/b7-5-/t14-,16+/m0/s1. The quantitative estimate of drug-likeness (QED) is 0.756. The zero-order valence-electron chi connectivity index (χ0n) is 10.6. The molecule has 0 fully saturated rings. The van der Waals surface area contributed by atoms with Gasteiger partial charge in [-0.2, -0.15) is 0 Å². The molecular weight excluding hydrogens is 208 g/mol. The molecule has 1 heteroatoms. The minimum atomic E-state index is -0.343. The molecule has 0 heterocycles. The van der Waals surface area contributed by atoms with Crippen LogP contribution in [-0.2, 0) is 0 Å². The van der Waals surface area contributed by atoms with Crippen molar-refractivity contribution in [2.45, 2.75) is 45.1 Å². The Kier molecular flexibility index (Phi) is 4.38. The van der Waals surface area contributed by atoms with E-state index in [0.717, 1.165) is 18.4 Å². The normalized spacial score (nSPS) is 24.7. The van der Waals surface area contributed by atoms with Gasteiger partial charge in [0.05, 0.1) is 6.10 Å². The lowest BCUT2D eigenvalue weighted by atomic mass is 9.88. The van der Waals surface area contributed by atoms with E-state index in [2.05, 4.69) is 31.2 Å². The molecular formula is C16H22O. The van der Waals surface area contributed by atoms with Gasteiger partial charge in [-0.25, -0.2) is 0 Å². The van der Waals surface area contributed by atoms with Crippen molar-refractivity contribution in [2.24, 2.45) is 5.92 Å². The second-order valence-electron chi connectivity index (χ2n) is 5.09. The fourth-order valence-electron chi connectivity index (χ4n) is 2.46. The third-order valence-corrected chi connectivity index (χ3v) is 3.62. The molecule has 0 aliphatic heterocycles. The van der Waals surface area contributed by atoms with Crippen LogP contribution in [0.3, 0.4) is 0 Å². The molecule has 2 atom stereocenters. The van der Waals surface area contributed by atoms with E-state index in [1.165, 1.54) is 24.8 Å². The third kappa shape index (κ3) is 3.44. The highest BCUT2D eigenvalue weighted by Crippen LogP contribution is 2.29. The van der Waals surface area contributed by atoms with Crippen LogP contribution in [0.2, 0.25) is 0 Å². The van der Waals surface area contributed by atoms with Crippen LogP contribution in [0, 0.1) is 12.8 Å². The van der Waals surface area contributed by atoms with Crippen molar-refractivity contribution in [1.82, 2.24) is 0 Å². The second-order valence-corrected chi connectivity index (χ2v) is 5.09. The number of aliphatic hydroxyl groups is 1. The van der Waals surface area contributed by atoms with Crippen molar-refractivity contribution in [2.75, 3.05) is 0 Å². The zero-order valence-corrected chi connectivity index (χ0v) is 10.6. The molecule has 1 aromatic rings. The Balaban J connectivity index is 2.09. The van der Waals surface area contributed by atoms with E-state index >= 15 is 0 Å². The van der Waals surface area contributed by atoms with Gasteiger partial charge in [-0.05, 0) is 31.7 Å². The highest BCUT2D eigenvalue weighted by atomic mass is 16.3. The summed E-state index contributed by atoms with van der Waals surface area (Å²) in [5.41, 5.74) is 2.29. The Morgan fingerprint density at radius 1 is 1.12 bits per heavy atom. The van der Waals surface area contributed by atoms with Crippen molar-refractivity contribution in [1.29, 1.82) is 0 Å². The van der Waals surface area contributed by atoms with E-state index in [1.807, 2.05) is 12.1 Å². The summed E-state index contributed by atoms with van der Waals surface area (Å²) in [5.74, 6) is 0.290. The van der Waals surface area contributed by atoms with Gasteiger partial charge in [0.15, 0.2) is 0 Å². The predicted molar refractivity (Wildman–Crippen MR) is 71.9 cm³/mol. The SMILES string of the molecule is Cc1ccc([C@H](O)[C@H]2/C=C\CCCCC2)cc1. The molecule has 0 spiro atoms. The van der Waals surface area contributed by atoms with Crippen LogP contribution in [0.5, 0.6) is 0 Å². The first-order valence-electron chi connectivity index (χ1n) is 6.68. The van der Waals surface area contributed by atoms with Crippen molar-refractivity contribution in [3.63, 3.8) is 0 Å². The molecule has 1 aliphatic carbocycles. The third-order valence-electron chi connectivity index (χ3n) is 3.62. The fraction of sp³-hybridized carbons (Fsp3) is 0.500. The van der Waals surface area contributed by atoms with Gasteiger partial charge in [0.2, 0.25) is 0 Å². The average Bonchev–Trinajstić information content (AvgIpc) is 2.29. The van der Waals surface area contributed by atoms with Crippen LogP contribution in [-0.4, -0.2) is 5.11 Å². The van der Waals surface area contributed by atoms with Crippen LogP contribution < -0.4 is 0 Å². The number of aliphatic hydroxyl groups excluding tert-OH is 1. The van der Waals surface area contributed by atoms with Gasteiger partial charge in [-0.3, -0.25) is 0 Å². The summed E-state index contributed by atoms with van der Waals surface area (Å²) in [6.07, 6.45) is 10.2. The molecule has 0 unspecified atom stereocenters. The number of benzene rings is 1. The van der Waals surface area contributed by atoms with E-state index in [4.69, 9.17) is 0 Å². The molecule has 0 saturated heterocycles. The monoisotopic (exact) mass is 230 g/mol. The van der Waals surface area contributed by atoms with Gasteiger partial charge in [0.1, 0.15) is 0 Å². The number of allylic oxidation sites excluding steroid dienone is 1. The molecule has 17 heavy (non-hydrogen) atoms. The molecule has 0 amide bonds. The van der Waals surface area contributed by atoms with Gasteiger partial charge in [0, 0.05) is 5.92 Å². The Bertz CT molecular complexity index is 364. The van der Waals surface area contributed by atoms with Crippen molar-refractivity contribution < 1.29 is 5.11 Å². The van der Waals surface area contributed by atoms with Crippen molar-refractivity contribution in [3.05, 3.63) is 47.5 Å². The van der Waals surface area contributed by atoms with Crippen LogP contribution in [0.4, 0.5) is 0 Å². The molecule has 1 aromatic carbocycles. The Morgan fingerprint density at radius 2 is 1.88 bits per heavy atom. The molecule has 0 saturated carbocycles. The van der Waals surface area contributed by atoms with E-state index in [0.29, 0.717) is 0 Å². The first-order chi connectivity index (χ1) is 8.27. The molecule has 1 aliphatic rings. The molecule has 0 aromatic heterocycles. The Labute approximate surface area is 104 Å². The predicted octanol–water partition coefficient (Wildman–Crippen LogP) is 4.16.